The second-order valence-corrected chi connectivity index (χ2v) is 4.76. The minimum atomic E-state index is -0.756. The van der Waals surface area contributed by atoms with E-state index in [1.165, 1.54) is 0 Å². The first kappa shape index (κ1) is 12.9. The lowest BCUT2D eigenvalue weighted by molar-refractivity contribution is 0.0459. The Kier molecular flexibility index (Phi) is 4.26. The second-order valence-electron chi connectivity index (χ2n) is 4.76. The van der Waals surface area contributed by atoms with E-state index in [0.717, 1.165) is 11.4 Å². The second kappa shape index (κ2) is 5.27. The van der Waals surface area contributed by atoms with Gasteiger partial charge in [0, 0.05) is 19.3 Å². The number of aliphatic hydroxyl groups is 1. The highest BCUT2D eigenvalue weighted by atomic mass is 16.3. The van der Waals surface area contributed by atoms with Gasteiger partial charge in [0.05, 0.1) is 5.60 Å². The van der Waals surface area contributed by atoms with Gasteiger partial charge in [-0.1, -0.05) is 6.07 Å². The maximum atomic E-state index is 10.1. The largest absolute Gasteiger partial charge is 0.387 e. The van der Waals surface area contributed by atoms with E-state index in [9.17, 15) is 5.11 Å². The molecule has 0 radical (unpaired) electrons. The van der Waals surface area contributed by atoms with Crippen molar-refractivity contribution in [2.45, 2.75) is 19.4 Å². The van der Waals surface area contributed by atoms with Crippen LogP contribution in [-0.2, 0) is 0 Å². The van der Waals surface area contributed by atoms with Crippen LogP contribution in [0.25, 0.3) is 0 Å². The molecule has 0 aliphatic heterocycles. The van der Waals surface area contributed by atoms with Gasteiger partial charge in [-0.15, -0.1) is 0 Å². The summed E-state index contributed by atoms with van der Waals surface area (Å²) >= 11 is 0. The molecule has 1 unspecified atom stereocenters. The number of nitrogens with one attached hydrogen (secondary N) is 1. The molecular weight excluding hydrogens is 202 g/mol. The molecule has 0 aliphatic rings. The summed E-state index contributed by atoms with van der Waals surface area (Å²) in [4.78, 5) is 6.19. The molecule has 0 bridgehead atoms. The van der Waals surface area contributed by atoms with E-state index in [4.69, 9.17) is 0 Å². The lowest BCUT2D eigenvalue weighted by Gasteiger charge is -2.27. The molecule has 0 fully saturated rings. The third-order valence-electron chi connectivity index (χ3n) is 2.30. The van der Waals surface area contributed by atoms with Gasteiger partial charge in [0.25, 0.3) is 0 Å². The SMILES string of the molecule is Cc1cccnc1NCC(C)(O)CN(C)C. The van der Waals surface area contributed by atoms with Gasteiger partial charge in [-0.3, -0.25) is 0 Å². The number of anilines is 1. The molecule has 0 spiro atoms. The fraction of sp³-hybridized carbons (Fsp3) is 0.583. The molecule has 1 aromatic heterocycles. The molecule has 0 amide bonds. The molecule has 4 heteroatoms. The van der Waals surface area contributed by atoms with Gasteiger partial charge >= 0.3 is 0 Å². The fourth-order valence-corrected chi connectivity index (χ4v) is 1.68. The van der Waals surface area contributed by atoms with Crippen LogP contribution in [0.15, 0.2) is 18.3 Å². The first-order chi connectivity index (χ1) is 7.41. The summed E-state index contributed by atoms with van der Waals surface area (Å²) in [5, 5.41) is 13.3. The molecule has 0 saturated heterocycles. The van der Waals surface area contributed by atoms with Crippen molar-refractivity contribution in [1.29, 1.82) is 0 Å². The number of hydrogen-bond acceptors (Lipinski definition) is 4. The first-order valence-corrected chi connectivity index (χ1v) is 5.43. The van der Waals surface area contributed by atoms with Crippen molar-refractivity contribution < 1.29 is 5.11 Å². The molecule has 1 aromatic rings. The van der Waals surface area contributed by atoms with Crippen molar-refractivity contribution >= 4 is 5.82 Å². The molecule has 1 heterocycles. The summed E-state index contributed by atoms with van der Waals surface area (Å²) in [7, 11) is 3.89. The van der Waals surface area contributed by atoms with E-state index in [1.54, 1.807) is 6.20 Å². The summed E-state index contributed by atoms with van der Waals surface area (Å²) in [6.07, 6.45) is 1.75. The zero-order chi connectivity index (χ0) is 12.2. The van der Waals surface area contributed by atoms with Crippen LogP contribution in [0.4, 0.5) is 5.82 Å². The third kappa shape index (κ3) is 4.16. The third-order valence-corrected chi connectivity index (χ3v) is 2.30. The van der Waals surface area contributed by atoms with Crippen molar-refractivity contribution in [3.63, 3.8) is 0 Å². The lowest BCUT2D eigenvalue weighted by Crippen LogP contribution is -2.43. The maximum Gasteiger partial charge on any atom is 0.128 e. The normalized spacial score (nSPS) is 14.9. The van der Waals surface area contributed by atoms with E-state index in [0.29, 0.717) is 13.1 Å². The van der Waals surface area contributed by atoms with Gasteiger partial charge in [0.15, 0.2) is 0 Å². The minimum Gasteiger partial charge on any atom is -0.387 e. The zero-order valence-corrected chi connectivity index (χ0v) is 10.5. The summed E-state index contributed by atoms with van der Waals surface area (Å²) < 4.78 is 0. The number of nitrogens with zero attached hydrogens (tertiary/aromatic N) is 2. The predicted molar refractivity (Wildman–Crippen MR) is 66.6 cm³/mol. The van der Waals surface area contributed by atoms with Crippen molar-refractivity contribution in [2.75, 3.05) is 32.5 Å². The summed E-state index contributed by atoms with van der Waals surface area (Å²) in [5.41, 5.74) is 0.330. The number of likely N-dealkylation sites (N-methyl/N-ethyl adjacent to an activating group) is 1. The lowest BCUT2D eigenvalue weighted by atomic mass is 10.1. The van der Waals surface area contributed by atoms with E-state index < -0.39 is 5.60 Å². The number of hydrogen-bond donors (Lipinski definition) is 2. The Morgan fingerprint density at radius 1 is 1.50 bits per heavy atom. The summed E-state index contributed by atoms with van der Waals surface area (Å²) in [5.74, 6) is 0.835. The predicted octanol–water partition coefficient (Wildman–Crippen LogP) is 1.11. The van der Waals surface area contributed by atoms with E-state index in [1.807, 2.05) is 45.0 Å². The van der Waals surface area contributed by atoms with Gasteiger partial charge in [0.1, 0.15) is 5.82 Å². The summed E-state index contributed by atoms with van der Waals surface area (Å²) in [6.45, 7) is 4.92. The Labute approximate surface area is 97.3 Å². The van der Waals surface area contributed by atoms with Gasteiger partial charge < -0.3 is 15.3 Å². The molecule has 1 rings (SSSR count). The van der Waals surface area contributed by atoms with E-state index >= 15 is 0 Å². The van der Waals surface area contributed by atoms with Crippen LogP contribution in [0.1, 0.15) is 12.5 Å². The number of aromatic nitrogens is 1. The molecule has 0 saturated carbocycles. The Bertz CT molecular complexity index is 337. The quantitative estimate of drug-likeness (QED) is 0.785. The minimum absolute atomic E-state index is 0.489. The van der Waals surface area contributed by atoms with Crippen LogP contribution < -0.4 is 5.32 Å². The highest BCUT2D eigenvalue weighted by molar-refractivity contribution is 5.42. The molecule has 0 aliphatic carbocycles. The molecule has 1 atom stereocenters. The van der Waals surface area contributed by atoms with Crippen LogP contribution in [0, 0.1) is 6.92 Å². The van der Waals surface area contributed by atoms with Gasteiger partial charge in [0.2, 0.25) is 0 Å². The maximum absolute atomic E-state index is 10.1. The average Bonchev–Trinajstić information content (AvgIpc) is 2.14. The summed E-state index contributed by atoms with van der Waals surface area (Å²) in [6, 6.07) is 3.90. The topological polar surface area (TPSA) is 48.4 Å². The van der Waals surface area contributed by atoms with Crippen LogP contribution in [0.3, 0.4) is 0 Å². The average molecular weight is 223 g/mol. The van der Waals surface area contributed by atoms with E-state index in [2.05, 4.69) is 10.3 Å². The van der Waals surface area contributed by atoms with Gasteiger partial charge in [-0.05, 0) is 39.6 Å². The smallest absolute Gasteiger partial charge is 0.128 e. The molecule has 0 aromatic carbocycles. The fourth-order valence-electron chi connectivity index (χ4n) is 1.68. The van der Waals surface area contributed by atoms with Crippen molar-refractivity contribution in [2.24, 2.45) is 0 Å². The molecule has 16 heavy (non-hydrogen) atoms. The molecular formula is C12H21N3O. The number of pyridine rings is 1. The standard InChI is InChI=1S/C12H21N3O/c1-10-6-5-7-13-11(10)14-8-12(2,16)9-15(3)4/h5-7,16H,8-9H2,1-4H3,(H,13,14). The van der Waals surface area contributed by atoms with E-state index in [-0.39, 0.29) is 0 Å². The van der Waals surface area contributed by atoms with Crippen LogP contribution in [-0.4, -0.2) is 47.8 Å². The molecule has 2 N–H and O–H groups in total. The Morgan fingerprint density at radius 3 is 2.75 bits per heavy atom. The van der Waals surface area contributed by atoms with Gasteiger partial charge in [-0.2, -0.15) is 0 Å². The Hall–Kier alpha value is -1.13. The highest BCUT2D eigenvalue weighted by Gasteiger charge is 2.21. The van der Waals surface area contributed by atoms with Crippen LogP contribution >= 0.6 is 0 Å². The zero-order valence-electron chi connectivity index (χ0n) is 10.5. The molecule has 4 nitrogen and oxygen atoms in total. The molecule has 90 valence electrons. The van der Waals surface area contributed by atoms with Crippen LogP contribution in [0.2, 0.25) is 0 Å². The highest BCUT2D eigenvalue weighted by Crippen LogP contribution is 2.12. The number of aryl methyl sites for hydroxylation is 1. The monoisotopic (exact) mass is 223 g/mol. The van der Waals surface area contributed by atoms with Crippen molar-refractivity contribution in [3.8, 4) is 0 Å². The Balaban J connectivity index is 2.54. The van der Waals surface area contributed by atoms with Gasteiger partial charge in [-0.25, -0.2) is 4.98 Å². The number of rotatable bonds is 5. The van der Waals surface area contributed by atoms with Crippen molar-refractivity contribution in [1.82, 2.24) is 9.88 Å². The van der Waals surface area contributed by atoms with Crippen molar-refractivity contribution in [3.05, 3.63) is 23.9 Å². The Morgan fingerprint density at radius 2 is 2.19 bits per heavy atom. The van der Waals surface area contributed by atoms with Crippen LogP contribution in [0.5, 0.6) is 0 Å². The first-order valence-electron chi connectivity index (χ1n) is 5.43.